The van der Waals surface area contributed by atoms with Gasteiger partial charge in [-0.2, -0.15) is 0 Å². The van der Waals surface area contributed by atoms with Gasteiger partial charge in [0.1, 0.15) is 5.38 Å². The molecular formula is C9H16ClNO2. The van der Waals surface area contributed by atoms with Crippen LogP contribution in [0.5, 0.6) is 0 Å². The number of piperidine rings is 1. The summed E-state index contributed by atoms with van der Waals surface area (Å²) in [7, 11) is 1.68. The second-order valence-corrected chi connectivity index (χ2v) is 4.05. The fraction of sp³-hybridized carbons (Fsp3) is 0.889. The highest BCUT2D eigenvalue weighted by Gasteiger charge is 2.25. The Morgan fingerprint density at radius 1 is 1.69 bits per heavy atom. The van der Waals surface area contributed by atoms with Crippen LogP contribution in [0.2, 0.25) is 0 Å². The summed E-state index contributed by atoms with van der Waals surface area (Å²) in [5.41, 5.74) is 0. The molecular weight excluding hydrogens is 190 g/mol. The largest absolute Gasteiger partial charge is 0.380 e. The molecule has 0 radical (unpaired) electrons. The van der Waals surface area contributed by atoms with Crippen molar-refractivity contribution in [1.82, 2.24) is 4.90 Å². The molecule has 0 spiro atoms. The highest BCUT2D eigenvalue weighted by Crippen LogP contribution is 2.14. The predicted octanol–water partition coefficient (Wildman–Crippen LogP) is 1.25. The van der Waals surface area contributed by atoms with Gasteiger partial charge in [0.2, 0.25) is 5.91 Å². The number of alkyl halides is 1. The molecule has 0 N–H and O–H groups in total. The third kappa shape index (κ3) is 2.85. The van der Waals surface area contributed by atoms with Crippen molar-refractivity contribution in [3.05, 3.63) is 0 Å². The Morgan fingerprint density at radius 2 is 2.38 bits per heavy atom. The van der Waals surface area contributed by atoms with Crippen LogP contribution in [0.1, 0.15) is 19.8 Å². The van der Waals surface area contributed by atoms with Gasteiger partial charge in [-0.1, -0.05) is 0 Å². The lowest BCUT2D eigenvalue weighted by Crippen LogP contribution is -2.45. The first-order valence-corrected chi connectivity index (χ1v) is 5.04. The van der Waals surface area contributed by atoms with E-state index in [2.05, 4.69) is 0 Å². The van der Waals surface area contributed by atoms with Crippen molar-refractivity contribution >= 4 is 17.5 Å². The lowest BCUT2D eigenvalue weighted by atomic mass is 10.1. The molecule has 1 aliphatic heterocycles. The lowest BCUT2D eigenvalue weighted by molar-refractivity contribution is -0.134. The van der Waals surface area contributed by atoms with Gasteiger partial charge in [0.25, 0.3) is 0 Å². The Kier molecular flexibility index (Phi) is 4.00. The number of hydrogen-bond acceptors (Lipinski definition) is 2. The fourth-order valence-corrected chi connectivity index (χ4v) is 1.72. The minimum absolute atomic E-state index is 0.0171. The molecule has 1 aliphatic rings. The standard InChI is InChI=1S/C9H16ClNO2/c1-7(10)9(12)11-5-3-4-8(6-11)13-2/h7-8H,3-6H2,1-2H3. The fourth-order valence-electron chi connectivity index (χ4n) is 1.58. The third-order valence-electron chi connectivity index (χ3n) is 2.36. The number of ether oxygens (including phenoxy) is 1. The van der Waals surface area contributed by atoms with Crippen molar-refractivity contribution < 1.29 is 9.53 Å². The molecule has 0 aromatic carbocycles. The summed E-state index contributed by atoms with van der Waals surface area (Å²) in [5.74, 6) is 0.0171. The van der Waals surface area contributed by atoms with Crippen molar-refractivity contribution in [3.63, 3.8) is 0 Å². The molecule has 1 amide bonds. The van der Waals surface area contributed by atoms with Gasteiger partial charge < -0.3 is 9.64 Å². The maximum Gasteiger partial charge on any atom is 0.240 e. The number of carbonyl (C=O) groups is 1. The van der Waals surface area contributed by atoms with Crippen LogP contribution in [0.4, 0.5) is 0 Å². The number of nitrogens with zero attached hydrogens (tertiary/aromatic N) is 1. The Morgan fingerprint density at radius 3 is 2.92 bits per heavy atom. The lowest BCUT2D eigenvalue weighted by Gasteiger charge is -2.32. The summed E-state index contributed by atoms with van der Waals surface area (Å²) in [6.07, 6.45) is 2.23. The average molecular weight is 206 g/mol. The van der Waals surface area contributed by atoms with Gasteiger partial charge >= 0.3 is 0 Å². The molecule has 0 bridgehead atoms. The topological polar surface area (TPSA) is 29.5 Å². The molecule has 2 unspecified atom stereocenters. The summed E-state index contributed by atoms with van der Waals surface area (Å²) in [5, 5.41) is -0.421. The number of halogens is 1. The zero-order valence-electron chi connectivity index (χ0n) is 8.12. The smallest absolute Gasteiger partial charge is 0.240 e. The molecule has 0 aromatic rings. The Hall–Kier alpha value is -0.280. The minimum atomic E-state index is -0.421. The number of amides is 1. The van der Waals surface area contributed by atoms with Crippen LogP contribution in [0.25, 0.3) is 0 Å². The number of likely N-dealkylation sites (tertiary alicyclic amines) is 1. The van der Waals surface area contributed by atoms with Gasteiger partial charge in [0.15, 0.2) is 0 Å². The summed E-state index contributed by atoms with van der Waals surface area (Å²) in [6.45, 7) is 3.21. The van der Waals surface area contributed by atoms with Gasteiger partial charge in [0.05, 0.1) is 6.10 Å². The second-order valence-electron chi connectivity index (χ2n) is 3.40. The first-order chi connectivity index (χ1) is 6.15. The van der Waals surface area contributed by atoms with Crippen LogP contribution >= 0.6 is 11.6 Å². The quantitative estimate of drug-likeness (QED) is 0.636. The van der Waals surface area contributed by atoms with Gasteiger partial charge in [-0.15, -0.1) is 11.6 Å². The van der Waals surface area contributed by atoms with Crippen LogP contribution in [0.3, 0.4) is 0 Å². The van der Waals surface area contributed by atoms with E-state index in [1.54, 1.807) is 18.9 Å². The minimum Gasteiger partial charge on any atom is -0.380 e. The van der Waals surface area contributed by atoms with E-state index in [0.717, 1.165) is 19.4 Å². The van der Waals surface area contributed by atoms with Gasteiger partial charge in [-0.3, -0.25) is 4.79 Å². The monoisotopic (exact) mass is 205 g/mol. The van der Waals surface area contributed by atoms with Crippen molar-refractivity contribution in [2.24, 2.45) is 0 Å². The molecule has 2 atom stereocenters. The van der Waals surface area contributed by atoms with Gasteiger partial charge in [0, 0.05) is 20.2 Å². The Bertz CT molecular complexity index is 184. The van der Waals surface area contributed by atoms with Crippen molar-refractivity contribution in [2.45, 2.75) is 31.2 Å². The number of rotatable bonds is 2. The van der Waals surface area contributed by atoms with E-state index in [9.17, 15) is 4.79 Å². The van der Waals surface area contributed by atoms with Gasteiger partial charge in [-0.05, 0) is 19.8 Å². The molecule has 0 aromatic heterocycles. The molecule has 13 heavy (non-hydrogen) atoms. The zero-order valence-corrected chi connectivity index (χ0v) is 8.88. The van der Waals surface area contributed by atoms with E-state index < -0.39 is 5.38 Å². The average Bonchev–Trinajstić information content (AvgIpc) is 2.16. The van der Waals surface area contributed by atoms with Crippen molar-refractivity contribution in [1.29, 1.82) is 0 Å². The van der Waals surface area contributed by atoms with Crippen molar-refractivity contribution in [2.75, 3.05) is 20.2 Å². The molecule has 0 aliphatic carbocycles. The first kappa shape index (κ1) is 10.8. The van der Waals surface area contributed by atoms with E-state index in [-0.39, 0.29) is 12.0 Å². The van der Waals surface area contributed by atoms with E-state index >= 15 is 0 Å². The van der Waals surface area contributed by atoms with Crippen molar-refractivity contribution in [3.8, 4) is 0 Å². The molecule has 4 heteroatoms. The third-order valence-corrected chi connectivity index (χ3v) is 2.55. The molecule has 76 valence electrons. The summed E-state index contributed by atoms with van der Waals surface area (Å²) in [4.78, 5) is 13.3. The van der Waals surface area contributed by atoms with Crippen LogP contribution in [-0.4, -0.2) is 42.5 Å². The second kappa shape index (κ2) is 4.82. The summed E-state index contributed by atoms with van der Waals surface area (Å²) >= 11 is 5.72. The molecule has 1 saturated heterocycles. The zero-order chi connectivity index (χ0) is 9.84. The van der Waals surface area contributed by atoms with Crippen LogP contribution in [0.15, 0.2) is 0 Å². The molecule has 1 heterocycles. The molecule has 0 saturated carbocycles. The molecule has 3 nitrogen and oxygen atoms in total. The number of hydrogen-bond donors (Lipinski definition) is 0. The number of carbonyl (C=O) groups excluding carboxylic acids is 1. The Balaban J connectivity index is 2.46. The maximum absolute atomic E-state index is 11.5. The summed E-state index contributed by atoms with van der Waals surface area (Å²) < 4.78 is 5.21. The highest BCUT2D eigenvalue weighted by molar-refractivity contribution is 6.30. The Labute approximate surface area is 84.0 Å². The van der Waals surface area contributed by atoms with Crippen LogP contribution in [-0.2, 0) is 9.53 Å². The van der Waals surface area contributed by atoms with Gasteiger partial charge in [-0.25, -0.2) is 0 Å². The van der Waals surface area contributed by atoms with E-state index in [1.807, 2.05) is 0 Å². The summed E-state index contributed by atoms with van der Waals surface area (Å²) in [6, 6.07) is 0. The number of methoxy groups -OCH3 is 1. The molecule has 1 rings (SSSR count). The van der Waals surface area contributed by atoms with Crippen LogP contribution < -0.4 is 0 Å². The normalized spacial score (nSPS) is 25.8. The van der Waals surface area contributed by atoms with E-state index in [4.69, 9.17) is 16.3 Å². The van der Waals surface area contributed by atoms with E-state index in [1.165, 1.54) is 0 Å². The predicted molar refractivity (Wildman–Crippen MR) is 51.9 cm³/mol. The highest BCUT2D eigenvalue weighted by atomic mass is 35.5. The van der Waals surface area contributed by atoms with Crippen LogP contribution in [0, 0.1) is 0 Å². The maximum atomic E-state index is 11.5. The van der Waals surface area contributed by atoms with E-state index in [0.29, 0.717) is 6.54 Å². The first-order valence-electron chi connectivity index (χ1n) is 4.60. The molecule has 1 fully saturated rings. The SMILES string of the molecule is COC1CCCN(C(=O)C(C)Cl)C1.